The van der Waals surface area contributed by atoms with Crippen LogP contribution in [-0.4, -0.2) is 34.8 Å². The van der Waals surface area contributed by atoms with Gasteiger partial charge < -0.3 is 10.2 Å². The van der Waals surface area contributed by atoms with Crippen molar-refractivity contribution in [1.29, 1.82) is 0 Å². The van der Waals surface area contributed by atoms with Crippen molar-refractivity contribution in [3.05, 3.63) is 30.1 Å². The Morgan fingerprint density at radius 3 is 2.92 bits per heavy atom. The van der Waals surface area contributed by atoms with Gasteiger partial charge in [-0.15, -0.1) is 0 Å². The summed E-state index contributed by atoms with van der Waals surface area (Å²) >= 11 is 0. The van der Waals surface area contributed by atoms with Gasteiger partial charge in [-0.05, 0) is 43.2 Å². The van der Waals surface area contributed by atoms with Gasteiger partial charge in [-0.3, -0.25) is 14.6 Å². The minimum absolute atomic E-state index is 0.0599. The van der Waals surface area contributed by atoms with Crippen molar-refractivity contribution in [1.82, 2.24) is 15.2 Å². The molecule has 2 amide bonds. The topological polar surface area (TPSA) is 62.3 Å². The van der Waals surface area contributed by atoms with Crippen molar-refractivity contribution >= 4 is 11.8 Å². The molecule has 1 spiro atoms. The van der Waals surface area contributed by atoms with Crippen LogP contribution in [0.25, 0.3) is 0 Å². The molecule has 0 aromatic carbocycles. The van der Waals surface area contributed by atoms with Gasteiger partial charge >= 0.3 is 0 Å². The first-order valence-corrected chi connectivity index (χ1v) is 9.61. The largest absolute Gasteiger partial charge is 0.352 e. The van der Waals surface area contributed by atoms with Crippen LogP contribution < -0.4 is 5.32 Å². The molecule has 1 saturated heterocycles. The summed E-state index contributed by atoms with van der Waals surface area (Å²) < 4.78 is 0. The van der Waals surface area contributed by atoms with Crippen LogP contribution in [0.3, 0.4) is 0 Å². The number of likely N-dealkylation sites (tertiary alicyclic amines) is 1. The van der Waals surface area contributed by atoms with Crippen molar-refractivity contribution in [3.63, 3.8) is 0 Å². The highest BCUT2D eigenvalue weighted by molar-refractivity contribution is 5.83. The van der Waals surface area contributed by atoms with Crippen molar-refractivity contribution in [2.45, 2.75) is 51.5 Å². The number of pyridine rings is 1. The molecule has 0 radical (unpaired) electrons. The van der Waals surface area contributed by atoms with Crippen molar-refractivity contribution in [3.8, 4) is 0 Å². The highest BCUT2D eigenvalue weighted by Crippen LogP contribution is 2.58. The fraction of sp³-hybridized carbons (Fsp3) is 0.650. The Morgan fingerprint density at radius 1 is 1.32 bits per heavy atom. The van der Waals surface area contributed by atoms with E-state index >= 15 is 0 Å². The van der Waals surface area contributed by atoms with Crippen molar-refractivity contribution < 1.29 is 9.59 Å². The van der Waals surface area contributed by atoms with Gasteiger partial charge in [0, 0.05) is 49.8 Å². The smallest absolute Gasteiger partial charge is 0.224 e. The minimum atomic E-state index is 0.0599. The van der Waals surface area contributed by atoms with E-state index in [1.807, 2.05) is 17.0 Å². The summed E-state index contributed by atoms with van der Waals surface area (Å²) in [6.07, 6.45) is 11.1. The average molecular weight is 341 g/mol. The molecule has 1 aliphatic heterocycles. The molecule has 2 unspecified atom stereocenters. The third-order valence-electron chi connectivity index (χ3n) is 6.37. The number of nitrogens with zero attached hydrogens (tertiary/aromatic N) is 2. The maximum absolute atomic E-state index is 12.5. The quantitative estimate of drug-likeness (QED) is 0.895. The summed E-state index contributed by atoms with van der Waals surface area (Å²) in [5.41, 5.74) is 1.08. The van der Waals surface area contributed by atoms with E-state index < -0.39 is 0 Å². The van der Waals surface area contributed by atoms with Gasteiger partial charge in [-0.1, -0.05) is 18.9 Å². The molecule has 1 aromatic rings. The molecule has 2 atom stereocenters. The molecule has 2 saturated carbocycles. The number of aromatic nitrogens is 1. The highest BCUT2D eigenvalue weighted by Gasteiger charge is 2.61. The lowest BCUT2D eigenvalue weighted by atomic mass is 10.0. The molecule has 2 aliphatic carbocycles. The minimum Gasteiger partial charge on any atom is -0.352 e. The predicted molar refractivity (Wildman–Crippen MR) is 94.4 cm³/mol. The van der Waals surface area contributed by atoms with Crippen molar-refractivity contribution in [2.75, 3.05) is 13.1 Å². The Labute approximate surface area is 149 Å². The van der Waals surface area contributed by atoms with Gasteiger partial charge in [0.05, 0.1) is 0 Å². The molecule has 5 nitrogen and oxygen atoms in total. The molecule has 2 heterocycles. The summed E-state index contributed by atoms with van der Waals surface area (Å²) in [4.78, 5) is 31.1. The maximum atomic E-state index is 12.5. The maximum Gasteiger partial charge on any atom is 0.224 e. The van der Waals surface area contributed by atoms with E-state index in [1.54, 1.807) is 12.4 Å². The van der Waals surface area contributed by atoms with Gasteiger partial charge in [-0.25, -0.2) is 0 Å². The molecule has 5 heteroatoms. The Balaban J connectivity index is 1.25. The zero-order valence-electron chi connectivity index (χ0n) is 14.7. The lowest BCUT2D eigenvalue weighted by Crippen LogP contribution is -2.32. The third-order valence-corrected chi connectivity index (χ3v) is 6.37. The molecule has 1 N–H and O–H groups in total. The van der Waals surface area contributed by atoms with E-state index in [-0.39, 0.29) is 17.2 Å². The molecule has 4 rings (SSSR count). The number of carbonyl (C=O) groups is 2. The second kappa shape index (κ2) is 6.77. The summed E-state index contributed by atoms with van der Waals surface area (Å²) in [5, 5.41) is 3.03. The zero-order chi connectivity index (χ0) is 17.3. The van der Waals surface area contributed by atoms with E-state index in [0.29, 0.717) is 24.8 Å². The first-order chi connectivity index (χ1) is 12.2. The molecule has 1 aromatic heterocycles. The number of rotatable bonds is 5. The molecule has 0 bridgehead atoms. The average Bonchev–Trinajstić information content (AvgIpc) is 2.96. The van der Waals surface area contributed by atoms with Gasteiger partial charge in [0.15, 0.2) is 0 Å². The second-order valence-electron chi connectivity index (χ2n) is 8.12. The van der Waals surface area contributed by atoms with Crippen LogP contribution in [0.2, 0.25) is 0 Å². The first-order valence-electron chi connectivity index (χ1n) is 9.61. The van der Waals surface area contributed by atoms with Gasteiger partial charge in [0.25, 0.3) is 0 Å². The van der Waals surface area contributed by atoms with E-state index in [9.17, 15) is 9.59 Å². The molecular weight excluding hydrogens is 314 g/mol. The number of hydrogen-bond acceptors (Lipinski definition) is 3. The van der Waals surface area contributed by atoms with Crippen LogP contribution in [-0.2, 0) is 16.1 Å². The standard InChI is InChI=1S/C20H27N3O2/c24-18(10-15-4-1-2-5-15)23-9-7-20(14-23)11-17(20)19(25)22-13-16-6-3-8-21-12-16/h3,6,8,12,15,17H,1-2,4-5,7,9-11,13-14H2,(H,22,25). The predicted octanol–water partition coefficient (Wildman–Crippen LogP) is 2.52. The van der Waals surface area contributed by atoms with Gasteiger partial charge in [-0.2, -0.15) is 0 Å². The SMILES string of the molecule is O=C(NCc1cccnc1)C1CC12CCN(C(=O)CC1CCCC1)C2. The van der Waals surface area contributed by atoms with E-state index in [1.165, 1.54) is 25.7 Å². The number of hydrogen-bond donors (Lipinski definition) is 1. The first kappa shape index (κ1) is 16.6. The fourth-order valence-electron chi connectivity index (χ4n) is 4.68. The van der Waals surface area contributed by atoms with Gasteiger partial charge in [0.1, 0.15) is 0 Å². The number of nitrogens with one attached hydrogen (secondary N) is 1. The van der Waals surface area contributed by atoms with Crippen LogP contribution in [0.4, 0.5) is 0 Å². The molecule has 134 valence electrons. The fourth-order valence-corrected chi connectivity index (χ4v) is 4.68. The molecular formula is C20H27N3O2. The Bertz CT molecular complexity index is 642. The van der Waals surface area contributed by atoms with E-state index in [2.05, 4.69) is 10.3 Å². The summed E-state index contributed by atoms with van der Waals surface area (Å²) in [6.45, 7) is 2.14. The number of carbonyl (C=O) groups excluding carboxylic acids is 2. The highest BCUT2D eigenvalue weighted by atomic mass is 16.2. The van der Waals surface area contributed by atoms with Crippen LogP contribution in [0.5, 0.6) is 0 Å². The van der Waals surface area contributed by atoms with Crippen molar-refractivity contribution in [2.24, 2.45) is 17.3 Å². The van der Waals surface area contributed by atoms with Crippen LogP contribution in [0.1, 0.15) is 50.5 Å². The van der Waals surface area contributed by atoms with Crippen LogP contribution in [0, 0.1) is 17.3 Å². The van der Waals surface area contributed by atoms with E-state index in [0.717, 1.165) is 31.5 Å². The lowest BCUT2D eigenvalue weighted by molar-refractivity contribution is -0.131. The van der Waals surface area contributed by atoms with E-state index in [4.69, 9.17) is 0 Å². The summed E-state index contributed by atoms with van der Waals surface area (Å²) in [7, 11) is 0. The molecule has 3 aliphatic rings. The summed E-state index contributed by atoms with van der Waals surface area (Å²) in [5.74, 6) is 1.12. The Hall–Kier alpha value is -1.91. The monoisotopic (exact) mass is 341 g/mol. The summed E-state index contributed by atoms with van der Waals surface area (Å²) in [6, 6.07) is 3.85. The molecule has 25 heavy (non-hydrogen) atoms. The molecule has 3 fully saturated rings. The normalized spacial score (nSPS) is 28.5. The Kier molecular flexibility index (Phi) is 4.48. The van der Waals surface area contributed by atoms with Crippen LogP contribution in [0.15, 0.2) is 24.5 Å². The van der Waals surface area contributed by atoms with Gasteiger partial charge in [0.2, 0.25) is 11.8 Å². The lowest BCUT2D eigenvalue weighted by Gasteiger charge is -2.19. The van der Waals surface area contributed by atoms with Crippen LogP contribution >= 0.6 is 0 Å². The Morgan fingerprint density at radius 2 is 2.16 bits per heavy atom. The number of amides is 2. The third kappa shape index (κ3) is 3.55. The zero-order valence-corrected chi connectivity index (χ0v) is 14.7. The second-order valence-corrected chi connectivity index (χ2v) is 8.12.